The number of fused-ring (bicyclic) bond motifs is 1. The molecule has 3 aromatic heterocycles. The van der Waals surface area contributed by atoms with Gasteiger partial charge in [0.25, 0.3) is 12.3 Å². The first-order valence-electron chi connectivity index (χ1n) is 12.8. The van der Waals surface area contributed by atoms with E-state index >= 15 is 0 Å². The monoisotopic (exact) mass is 582 g/mol. The number of halogens is 4. The first-order valence-corrected chi connectivity index (χ1v) is 13.1. The van der Waals surface area contributed by atoms with Gasteiger partial charge in [0, 0.05) is 29.8 Å². The van der Waals surface area contributed by atoms with Crippen molar-refractivity contribution in [1.29, 1.82) is 0 Å². The molecule has 0 radical (unpaired) electrons. The summed E-state index contributed by atoms with van der Waals surface area (Å²) in [7, 11) is 0. The molecule has 210 valence electrons. The Morgan fingerprint density at radius 1 is 1.17 bits per heavy atom. The number of hydrogen-bond donors (Lipinski definition) is 1. The summed E-state index contributed by atoms with van der Waals surface area (Å²) in [6, 6.07) is 2.03. The molecule has 1 saturated heterocycles. The predicted octanol–water partition coefficient (Wildman–Crippen LogP) is 4.84. The Labute approximate surface area is 236 Å². The number of alkyl halides is 2. The van der Waals surface area contributed by atoms with E-state index < -0.39 is 29.3 Å². The normalized spacial score (nSPS) is 18.0. The van der Waals surface area contributed by atoms with E-state index in [1.807, 2.05) is 6.92 Å². The van der Waals surface area contributed by atoms with Crippen molar-refractivity contribution in [2.75, 3.05) is 16.8 Å². The number of rotatable bonds is 7. The van der Waals surface area contributed by atoms with E-state index in [0.29, 0.717) is 35.4 Å². The molecule has 10 nitrogen and oxygen atoms in total. The molecule has 1 saturated carbocycles. The van der Waals surface area contributed by atoms with E-state index in [1.165, 1.54) is 6.20 Å². The third-order valence-corrected chi connectivity index (χ3v) is 7.64. The molecule has 6 rings (SSSR count). The van der Waals surface area contributed by atoms with Crippen LogP contribution in [0.3, 0.4) is 0 Å². The Bertz CT molecular complexity index is 1680. The number of carbonyl (C=O) groups is 2. The minimum Gasteiger partial charge on any atom is -0.318 e. The highest BCUT2D eigenvalue weighted by Crippen LogP contribution is 2.43. The number of aromatic nitrogens is 6. The smallest absolute Gasteiger partial charge is 0.275 e. The number of anilines is 2. The summed E-state index contributed by atoms with van der Waals surface area (Å²) < 4.78 is 43.2. The molecular formula is C27H22ClF3N8O2. The van der Waals surface area contributed by atoms with Crippen LogP contribution in [-0.2, 0) is 11.3 Å². The van der Waals surface area contributed by atoms with Crippen molar-refractivity contribution < 1.29 is 22.8 Å². The average molecular weight is 583 g/mol. The molecule has 0 spiro atoms. The summed E-state index contributed by atoms with van der Waals surface area (Å²) in [6.07, 6.45) is 5.78. The standard InChI is InChI=1S/C27H22ClF3N8O2/c1-13-25(39-10-14-2-3-17(14)27(39)41)33-6-15(35-13)11-38-12-16(7-34-38)36-26(40)21-9-32-8-20(37-21)22-18(24(30)31)4-5-19(28)23(22)29/h4-9,12,14,17,24H,2-3,10-11H2,1H3,(H,36,40)/t14-,17-/m1/s1. The van der Waals surface area contributed by atoms with E-state index in [9.17, 15) is 22.8 Å². The second kappa shape index (κ2) is 10.5. The fraction of sp³-hybridized carbons (Fsp3) is 0.296. The van der Waals surface area contributed by atoms with Crippen LogP contribution >= 0.6 is 11.6 Å². The second-order valence-electron chi connectivity index (χ2n) is 9.96. The first-order chi connectivity index (χ1) is 19.7. The van der Waals surface area contributed by atoms with Gasteiger partial charge in [-0.05, 0) is 31.7 Å². The Hall–Kier alpha value is -4.39. The minimum absolute atomic E-state index is 0.107. The van der Waals surface area contributed by atoms with Crippen molar-refractivity contribution in [2.45, 2.75) is 32.7 Å². The van der Waals surface area contributed by atoms with Crippen molar-refractivity contribution in [3.05, 3.63) is 76.6 Å². The number of aryl methyl sites for hydroxylation is 1. The highest BCUT2D eigenvalue weighted by molar-refractivity contribution is 6.31. The number of nitrogens with zero attached hydrogens (tertiary/aromatic N) is 7. The van der Waals surface area contributed by atoms with Gasteiger partial charge in [0.2, 0.25) is 5.91 Å². The van der Waals surface area contributed by atoms with Crippen LogP contribution in [0, 0.1) is 24.6 Å². The van der Waals surface area contributed by atoms with Gasteiger partial charge in [0.05, 0.1) is 59.1 Å². The third kappa shape index (κ3) is 5.01. The minimum atomic E-state index is -3.00. The molecule has 0 bridgehead atoms. The van der Waals surface area contributed by atoms with Gasteiger partial charge < -0.3 is 5.32 Å². The molecule has 4 aromatic rings. The topological polar surface area (TPSA) is 119 Å². The van der Waals surface area contributed by atoms with Crippen LogP contribution in [-0.4, -0.2) is 48.1 Å². The summed E-state index contributed by atoms with van der Waals surface area (Å²) in [5.74, 6) is -0.588. The van der Waals surface area contributed by atoms with Crippen LogP contribution in [0.1, 0.15) is 46.7 Å². The van der Waals surface area contributed by atoms with Gasteiger partial charge in [0.1, 0.15) is 5.69 Å². The van der Waals surface area contributed by atoms with Crippen molar-refractivity contribution in [1.82, 2.24) is 29.7 Å². The Morgan fingerprint density at radius 2 is 2.00 bits per heavy atom. The lowest BCUT2D eigenvalue weighted by molar-refractivity contribution is -0.123. The van der Waals surface area contributed by atoms with Crippen molar-refractivity contribution in [3.63, 3.8) is 0 Å². The van der Waals surface area contributed by atoms with Crippen LogP contribution in [0.5, 0.6) is 0 Å². The van der Waals surface area contributed by atoms with E-state index in [4.69, 9.17) is 11.6 Å². The number of amides is 2. The molecule has 4 heterocycles. The zero-order valence-electron chi connectivity index (χ0n) is 21.6. The summed E-state index contributed by atoms with van der Waals surface area (Å²) in [5.41, 5.74) is -0.0527. The second-order valence-corrected chi connectivity index (χ2v) is 10.4. The molecule has 41 heavy (non-hydrogen) atoms. The zero-order valence-corrected chi connectivity index (χ0v) is 22.3. The first kappa shape index (κ1) is 26.8. The van der Waals surface area contributed by atoms with Crippen molar-refractivity contribution >= 4 is 34.9 Å². The van der Waals surface area contributed by atoms with E-state index in [0.717, 1.165) is 37.4 Å². The molecule has 1 aliphatic carbocycles. The van der Waals surface area contributed by atoms with Gasteiger partial charge >= 0.3 is 0 Å². The molecule has 0 unspecified atom stereocenters. The highest BCUT2D eigenvalue weighted by Gasteiger charge is 2.47. The van der Waals surface area contributed by atoms with Gasteiger partial charge in [-0.3, -0.25) is 29.1 Å². The molecule has 1 N–H and O–H groups in total. The van der Waals surface area contributed by atoms with Gasteiger partial charge in [-0.1, -0.05) is 17.7 Å². The van der Waals surface area contributed by atoms with Crippen LogP contribution < -0.4 is 10.2 Å². The largest absolute Gasteiger partial charge is 0.318 e. The number of benzene rings is 1. The van der Waals surface area contributed by atoms with Gasteiger partial charge in [-0.2, -0.15) is 5.10 Å². The Kier molecular flexibility index (Phi) is 6.89. The number of hydrogen-bond acceptors (Lipinski definition) is 7. The lowest BCUT2D eigenvalue weighted by Crippen LogP contribution is -2.29. The molecule has 1 aromatic carbocycles. The van der Waals surface area contributed by atoms with Crippen LogP contribution in [0.15, 0.2) is 43.1 Å². The summed E-state index contributed by atoms with van der Waals surface area (Å²) >= 11 is 5.79. The quantitative estimate of drug-likeness (QED) is 0.331. The predicted molar refractivity (Wildman–Crippen MR) is 142 cm³/mol. The molecular weight excluding hydrogens is 561 g/mol. The summed E-state index contributed by atoms with van der Waals surface area (Å²) in [5, 5.41) is 6.48. The van der Waals surface area contributed by atoms with Gasteiger partial charge in [-0.25, -0.2) is 23.1 Å². The summed E-state index contributed by atoms with van der Waals surface area (Å²) in [6.45, 7) is 2.74. The maximum absolute atomic E-state index is 14.7. The van der Waals surface area contributed by atoms with Crippen LogP contribution in [0.25, 0.3) is 11.3 Å². The fourth-order valence-electron chi connectivity index (χ4n) is 5.17. The van der Waals surface area contributed by atoms with E-state index in [-0.39, 0.29) is 34.8 Å². The third-order valence-electron chi connectivity index (χ3n) is 7.34. The Morgan fingerprint density at radius 3 is 2.68 bits per heavy atom. The van der Waals surface area contributed by atoms with Gasteiger partial charge in [-0.15, -0.1) is 0 Å². The molecule has 2 aliphatic rings. The SMILES string of the molecule is Cc1nc(Cn2cc(NC(=O)c3cncc(-c4c(C(F)F)ccc(Cl)c4F)n3)cn2)cnc1N1C[C@H]2CC[C@H]2C1=O. The highest BCUT2D eigenvalue weighted by atomic mass is 35.5. The van der Waals surface area contributed by atoms with Crippen LogP contribution in [0.2, 0.25) is 5.02 Å². The van der Waals surface area contributed by atoms with E-state index in [1.54, 1.807) is 22.0 Å². The molecule has 2 amide bonds. The lowest BCUT2D eigenvalue weighted by atomic mass is 9.76. The van der Waals surface area contributed by atoms with E-state index in [2.05, 4.69) is 30.4 Å². The lowest BCUT2D eigenvalue weighted by Gasteiger charge is -2.25. The maximum atomic E-state index is 14.7. The van der Waals surface area contributed by atoms with Crippen LogP contribution in [0.4, 0.5) is 24.7 Å². The Balaban J connectivity index is 1.15. The molecule has 2 fully saturated rings. The van der Waals surface area contributed by atoms with Crippen molar-refractivity contribution in [2.24, 2.45) is 11.8 Å². The fourth-order valence-corrected chi connectivity index (χ4v) is 5.33. The molecule has 14 heteroatoms. The molecule has 1 aliphatic heterocycles. The summed E-state index contributed by atoms with van der Waals surface area (Å²) in [4.78, 5) is 44.2. The molecule has 2 atom stereocenters. The maximum Gasteiger partial charge on any atom is 0.275 e. The van der Waals surface area contributed by atoms with Crippen molar-refractivity contribution in [3.8, 4) is 11.3 Å². The zero-order chi connectivity index (χ0) is 28.8. The average Bonchev–Trinajstić information content (AvgIpc) is 3.45. The van der Waals surface area contributed by atoms with Gasteiger partial charge in [0.15, 0.2) is 11.6 Å². The number of carbonyl (C=O) groups excluding carboxylic acids is 2. The number of nitrogens with one attached hydrogen (secondary N) is 1.